The number of aryl methyl sites for hydroxylation is 2. The first-order chi connectivity index (χ1) is 11.0. The third-order valence-electron chi connectivity index (χ3n) is 4.15. The van der Waals surface area contributed by atoms with Crippen LogP contribution in [0, 0.1) is 13.8 Å². The Hall–Kier alpha value is -0.880. The molecule has 2 heterocycles. The Balaban J connectivity index is 0.00000312. The molecule has 1 aliphatic rings. The van der Waals surface area contributed by atoms with Crippen LogP contribution in [0.1, 0.15) is 11.4 Å². The van der Waals surface area contributed by atoms with Gasteiger partial charge in [0.25, 0.3) is 0 Å². The van der Waals surface area contributed by atoms with E-state index in [1.54, 1.807) is 14.0 Å². The summed E-state index contributed by atoms with van der Waals surface area (Å²) in [6.07, 6.45) is -4.51. The van der Waals surface area contributed by atoms with E-state index in [-0.39, 0.29) is 36.1 Å². The Labute approximate surface area is 151 Å². The zero-order valence-electron chi connectivity index (χ0n) is 14.2. The summed E-state index contributed by atoms with van der Waals surface area (Å²) < 4.78 is 68.4. The van der Waals surface area contributed by atoms with Crippen LogP contribution < -0.4 is 10.0 Å². The van der Waals surface area contributed by atoms with Crippen LogP contribution in [-0.2, 0) is 17.1 Å². The number of sulfonamides is 1. The van der Waals surface area contributed by atoms with Gasteiger partial charge < -0.3 is 5.32 Å². The fourth-order valence-electron chi connectivity index (χ4n) is 2.85. The van der Waals surface area contributed by atoms with Gasteiger partial charge in [0.1, 0.15) is 10.9 Å². The van der Waals surface area contributed by atoms with Gasteiger partial charge in [0.05, 0.1) is 11.4 Å². The Morgan fingerprint density at radius 3 is 2.28 bits per heavy atom. The summed E-state index contributed by atoms with van der Waals surface area (Å²) in [5.41, 5.74) is 0.638. The number of halogens is 4. The maximum Gasteiger partial charge on any atom is 0.405 e. The first-order valence-electron chi connectivity index (χ1n) is 7.55. The van der Waals surface area contributed by atoms with Gasteiger partial charge in [-0.3, -0.25) is 9.58 Å². The Bertz CT molecular complexity index is 687. The largest absolute Gasteiger partial charge is 0.405 e. The summed E-state index contributed by atoms with van der Waals surface area (Å²) in [4.78, 5) is 1.19. The minimum Gasteiger partial charge on any atom is -0.314 e. The van der Waals surface area contributed by atoms with E-state index in [2.05, 4.69) is 15.1 Å². The monoisotopic (exact) mass is 405 g/mol. The predicted molar refractivity (Wildman–Crippen MR) is 89.4 cm³/mol. The van der Waals surface area contributed by atoms with Crippen LogP contribution in [0.25, 0.3) is 0 Å². The van der Waals surface area contributed by atoms with Crippen molar-refractivity contribution in [3.63, 3.8) is 0 Å². The third kappa shape index (κ3) is 5.07. The topological polar surface area (TPSA) is 79.3 Å². The fourth-order valence-corrected chi connectivity index (χ4v) is 4.32. The molecule has 12 heteroatoms. The fraction of sp³-hybridized carbons (Fsp3) is 0.769. The van der Waals surface area contributed by atoms with Crippen LogP contribution in [0.5, 0.6) is 0 Å². The lowest BCUT2D eigenvalue weighted by atomic mass is 10.2. The minimum atomic E-state index is -4.51. The normalized spacial score (nSPS) is 18.0. The number of aromatic nitrogens is 2. The summed E-state index contributed by atoms with van der Waals surface area (Å²) in [5.74, 6) is 0. The quantitative estimate of drug-likeness (QED) is 0.749. The Kier molecular flexibility index (Phi) is 7.28. The maximum absolute atomic E-state index is 13.3. The molecule has 1 atom stereocenters. The van der Waals surface area contributed by atoms with E-state index in [4.69, 9.17) is 0 Å². The second-order valence-electron chi connectivity index (χ2n) is 5.82. The number of alkyl halides is 3. The van der Waals surface area contributed by atoms with Crippen molar-refractivity contribution < 1.29 is 21.6 Å². The molecule has 0 aliphatic carbocycles. The van der Waals surface area contributed by atoms with E-state index in [1.807, 2.05) is 0 Å². The second kappa shape index (κ2) is 8.21. The molecule has 1 aliphatic heterocycles. The molecule has 7 nitrogen and oxygen atoms in total. The van der Waals surface area contributed by atoms with E-state index in [0.29, 0.717) is 18.8 Å². The molecule has 1 aromatic heterocycles. The lowest BCUT2D eigenvalue weighted by molar-refractivity contribution is -0.182. The molecule has 1 saturated heterocycles. The van der Waals surface area contributed by atoms with Crippen molar-refractivity contribution >= 4 is 22.4 Å². The molecule has 0 saturated carbocycles. The number of hydrogen-bond acceptors (Lipinski definition) is 5. The minimum absolute atomic E-state index is 0. The van der Waals surface area contributed by atoms with Crippen molar-refractivity contribution in [2.24, 2.45) is 7.05 Å². The van der Waals surface area contributed by atoms with E-state index in [0.717, 1.165) is 0 Å². The molecule has 25 heavy (non-hydrogen) atoms. The molecule has 1 aromatic rings. The van der Waals surface area contributed by atoms with E-state index >= 15 is 0 Å². The Morgan fingerprint density at radius 2 is 1.84 bits per heavy atom. The van der Waals surface area contributed by atoms with E-state index in [1.165, 1.54) is 16.5 Å². The molecule has 0 bridgehead atoms. The zero-order valence-corrected chi connectivity index (χ0v) is 15.9. The highest BCUT2D eigenvalue weighted by Crippen LogP contribution is 2.26. The van der Waals surface area contributed by atoms with Crippen molar-refractivity contribution in [3.05, 3.63) is 11.4 Å². The average Bonchev–Trinajstić information content (AvgIpc) is 2.72. The lowest BCUT2D eigenvalue weighted by Gasteiger charge is -2.35. The third-order valence-corrected chi connectivity index (χ3v) is 5.82. The average molecular weight is 406 g/mol. The molecule has 2 rings (SSSR count). The van der Waals surface area contributed by atoms with Crippen LogP contribution in [0.3, 0.4) is 0 Å². The molecular weight excluding hydrogens is 383 g/mol. The van der Waals surface area contributed by atoms with Gasteiger partial charge in [-0.2, -0.15) is 18.3 Å². The van der Waals surface area contributed by atoms with E-state index in [9.17, 15) is 21.6 Å². The van der Waals surface area contributed by atoms with Gasteiger partial charge in [-0.25, -0.2) is 13.1 Å². The summed E-state index contributed by atoms with van der Waals surface area (Å²) in [5, 5.41) is 6.98. The van der Waals surface area contributed by atoms with Crippen molar-refractivity contribution in [1.29, 1.82) is 0 Å². The predicted octanol–water partition coefficient (Wildman–Crippen LogP) is 0.573. The molecule has 146 valence electrons. The van der Waals surface area contributed by atoms with Gasteiger partial charge in [-0.1, -0.05) is 0 Å². The smallest absolute Gasteiger partial charge is 0.314 e. The number of piperazine rings is 1. The van der Waals surface area contributed by atoms with E-state index < -0.39 is 28.8 Å². The molecule has 1 fully saturated rings. The van der Waals surface area contributed by atoms with Crippen molar-refractivity contribution in [2.75, 3.05) is 32.7 Å². The van der Waals surface area contributed by atoms with Gasteiger partial charge >= 0.3 is 6.18 Å². The molecule has 1 unspecified atom stereocenters. The molecule has 0 aromatic carbocycles. The van der Waals surface area contributed by atoms with Crippen molar-refractivity contribution in [3.8, 4) is 0 Å². The molecule has 0 radical (unpaired) electrons. The first-order valence-corrected chi connectivity index (χ1v) is 9.03. The van der Waals surface area contributed by atoms with Gasteiger partial charge in [0, 0.05) is 39.8 Å². The SMILES string of the molecule is Cc1nn(C)c(C)c1S(=O)(=O)NCC(N1CCNCC1)C(F)(F)F.Cl. The number of rotatable bonds is 5. The molecular formula is C13H23ClF3N5O2S. The molecule has 0 spiro atoms. The summed E-state index contributed by atoms with van der Waals surface area (Å²) >= 11 is 0. The van der Waals surface area contributed by atoms with Crippen LogP contribution in [0.2, 0.25) is 0 Å². The van der Waals surface area contributed by atoms with Crippen molar-refractivity contribution in [2.45, 2.75) is 31.0 Å². The number of hydrogen-bond donors (Lipinski definition) is 2. The van der Waals surface area contributed by atoms with Gasteiger partial charge in [0.2, 0.25) is 10.0 Å². The van der Waals surface area contributed by atoms with Gasteiger partial charge in [-0.05, 0) is 13.8 Å². The Morgan fingerprint density at radius 1 is 1.28 bits per heavy atom. The molecule has 0 amide bonds. The zero-order chi connectivity index (χ0) is 18.1. The van der Waals surface area contributed by atoms with Gasteiger partial charge in [-0.15, -0.1) is 12.4 Å². The second-order valence-corrected chi connectivity index (χ2v) is 7.52. The molecule has 2 N–H and O–H groups in total. The lowest BCUT2D eigenvalue weighted by Crippen LogP contribution is -2.57. The van der Waals surface area contributed by atoms with Crippen LogP contribution in [-0.4, -0.2) is 68.0 Å². The first kappa shape index (κ1) is 22.2. The van der Waals surface area contributed by atoms with Crippen LogP contribution >= 0.6 is 12.4 Å². The van der Waals surface area contributed by atoms with Gasteiger partial charge in [0.15, 0.2) is 0 Å². The van der Waals surface area contributed by atoms with Crippen LogP contribution in [0.4, 0.5) is 13.2 Å². The summed E-state index contributed by atoms with van der Waals surface area (Å²) in [7, 11) is -2.49. The highest BCUT2D eigenvalue weighted by atomic mass is 35.5. The summed E-state index contributed by atoms with van der Waals surface area (Å²) in [6.45, 7) is 3.68. The number of nitrogens with zero attached hydrogens (tertiary/aromatic N) is 3. The summed E-state index contributed by atoms with van der Waals surface area (Å²) in [6, 6.07) is -1.85. The maximum atomic E-state index is 13.3. The highest BCUT2D eigenvalue weighted by Gasteiger charge is 2.44. The highest BCUT2D eigenvalue weighted by molar-refractivity contribution is 7.89. The van der Waals surface area contributed by atoms with Crippen LogP contribution in [0.15, 0.2) is 4.90 Å². The number of nitrogens with one attached hydrogen (secondary N) is 2. The standard InChI is InChI=1S/C13H22F3N5O2S.ClH/c1-9-12(10(2)20(3)19-9)24(22,23)18-8-11(13(14,15)16)21-6-4-17-5-7-21;/h11,17-18H,4-8H2,1-3H3;1H. The van der Waals surface area contributed by atoms with Crippen molar-refractivity contribution in [1.82, 2.24) is 24.7 Å².